The molecule has 3 heterocycles. The Morgan fingerprint density at radius 3 is 2.20 bits per heavy atom. The van der Waals surface area contributed by atoms with Crippen molar-refractivity contribution in [2.24, 2.45) is 11.8 Å². The highest BCUT2D eigenvalue weighted by Gasteiger charge is 2.45. The summed E-state index contributed by atoms with van der Waals surface area (Å²) in [6.45, 7) is -1.22. The summed E-state index contributed by atoms with van der Waals surface area (Å²) < 4.78 is 12.2. The monoisotopic (exact) mass is 977 g/mol. The van der Waals surface area contributed by atoms with Gasteiger partial charge in [-0.15, -0.1) is 0 Å². The number of allylic oxidation sites excluding steroid dienone is 1. The van der Waals surface area contributed by atoms with Crippen LogP contribution in [0.5, 0.6) is 0 Å². The number of ketones is 2. The number of rotatable bonds is 26. The predicted octanol–water partition coefficient (Wildman–Crippen LogP) is 0.436. The highest BCUT2D eigenvalue weighted by atomic mass is 32.2. The number of Topliss-reactive ketones (excluding diaryl/α,β-unsaturated/α-hetero) is 1. The Labute approximate surface area is 404 Å². The van der Waals surface area contributed by atoms with Gasteiger partial charge in [0.25, 0.3) is 0 Å². The number of amides is 6. The number of fused-ring (bicyclic) bond motifs is 1. The molecule has 3 saturated heterocycles. The van der Waals surface area contributed by atoms with Gasteiger partial charge in [0.15, 0.2) is 12.1 Å². The summed E-state index contributed by atoms with van der Waals surface area (Å²) in [6, 6.07) is 14.9. The number of aliphatic carboxylic acids is 1. The number of carboxylic acids is 1. The highest BCUT2D eigenvalue weighted by Crippen LogP contribution is 2.35. The standard InChI is InChI=1S/C48H63N7O13S/c56-34-19-18-31(21-41(61)62)32(34)11-5-2-8-20-67-47-43(53-22-28-14-16-30(17-15-28)44(63)29-9-3-1-4-10-29)46(65)45(64)35(68-47)23-49-38(58)25-51-40(60)26-52-39(59)24-50-37(57)13-7-6-12-36-42-33(27-69-36)54-48(66)55-42/h1-5,9-10,14-17,31-33,35-36,42-43,45-47,53,64-65H,6-8,11-13,18-27H2,(H,49,58)(H,50,57)(H,51,60)(H,52,59)(H,61,62)(H2,54,55,66)/b5-2-/t31-,32-,33?,35-,36?,42?,43-,45+,46-,47-/m1/s1. The normalized spacial score (nSPS) is 26.2. The molecule has 69 heavy (non-hydrogen) atoms. The predicted molar refractivity (Wildman–Crippen MR) is 251 cm³/mol. The molecule has 1 saturated carbocycles. The van der Waals surface area contributed by atoms with Gasteiger partial charge in [0.1, 0.15) is 24.1 Å². The number of carboxylic acid groups (broad SMARTS) is 1. The van der Waals surface area contributed by atoms with Crippen molar-refractivity contribution < 1.29 is 63.1 Å². The number of hydrogen-bond acceptors (Lipinski definition) is 14. The molecule has 21 heteroatoms. The fourth-order valence-electron chi connectivity index (χ4n) is 8.91. The zero-order valence-electron chi connectivity index (χ0n) is 38.3. The molecule has 3 unspecified atom stereocenters. The zero-order chi connectivity index (χ0) is 49.3. The van der Waals surface area contributed by atoms with Crippen molar-refractivity contribution in [1.82, 2.24) is 37.2 Å². The molecule has 20 nitrogen and oxygen atoms in total. The first-order valence-electron chi connectivity index (χ1n) is 23.5. The molecular formula is C48H63N7O13S. The quantitative estimate of drug-likeness (QED) is 0.0265. The lowest BCUT2D eigenvalue weighted by Crippen LogP contribution is -2.64. The molecule has 2 aromatic carbocycles. The van der Waals surface area contributed by atoms with E-state index in [1.54, 1.807) is 60.3 Å². The Bertz CT molecular complexity index is 2150. The Hall–Kier alpha value is -5.71. The second kappa shape index (κ2) is 26.3. The number of aliphatic hydroxyl groups excluding tert-OH is 2. The van der Waals surface area contributed by atoms with Crippen LogP contribution in [0.25, 0.3) is 0 Å². The van der Waals surface area contributed by atoms with E-state index in [9.17, 15) is 53.7 Å². The first-order chi connectivity index (χ1) is 33.2. The molecule has 6 amide bonds. The van der Waals surface area contributed by atoms with Gasteiger partial charge in [0.05, 0.1) is 44.4 Å². The first-order valence-corrected chi connectivity index (χ1v) is 24.5. The number of unbranched alkanes of at least 4 members (excludes halogenated alkanes) is 1. The van der Waals surface area contributed by atoms with E-state index in [0.29, 0.717) is 48.5 Å². The van der Waals surface area contributed by atoms with Gasteiger partial charge >= 0.3 is 12.0 Å². The summed E-state index contributed by atoms with van der Waals surface area (Å²) in [7, 11) is 0. The number of urea groups is 1. The van der Waals surface area contributed by atoms with Gasteiger partial charge in [0, 0.05) is 60.4 Å². The molecule has 3 aliphatic heterocycles. The maximum Gasteiger partial charge on any atom is 0.315 e. The lowest BCUT2D eigenvalue weighted by Gasteiger charge is -2.43. The van der Waals surface area contributed by atoms with Crippen LogP contribution in [-0.4, -0.2) is 149 Å². The number of carbonyl (C=O) groups is 8. The van der Waals surface area contributed by atoms with E-state index in [4.69, 9.17) is 9.47 Å². The van der Waals surface area contributed by atoms with Crippen molar-refractivity contribution in [3.05, 3.63) is 83.4 Å². The molecule has 1 aliphatic carbocycles. The molecule has 10 N–H and O–H groups in total. The Morgan fingerprint density at radius 1 is 0.812 bits per heavy atom. The molecule has 0 spiro atoms. The minimum absolute atomic E-state index is 0.0522. The van der Waals surface area contributed by atoms with Crippen LogP contribution < -0.4 is 37.2 Å². The molecule has 4 aliphatic rings. The fourth-order valence-corrected chi connectivity index (χ4v) is 10.5. The summed E-state index contributed by atoms with van der Waals surface area (Å²) in [5.74, 6) is -2.94. The van der Waals surface area contributed by atoms with Gasteiger partial charge in [0.2, 0.25) is 23.6 Å². The number of thioether (sulfide) groups is 1. The van der Waals surface area contributed by atoms with Gasteiger partial charge in [-0.1, -0.05) is 73.2 Å². The second-order valence-corrected chi connectivity index (χ2v) is 18.9. The van der Waals surface area contributed by atoms with E-state index < -0.39 is 67.4 Å². The first kappa shape index (κ1) is 52.7. The van der Waals surface area contributed by atoms with Crippen LogP contribution in [0.1, 0.15) is 79.3 Å². The van der Waals surface area contributed by atoms with Gasteiger partial charge < -0.3 is 62.0 Å². The largest absolute Gasteiger partial charge is 0.481 e. The Morgan fingerprint density at radius 2 is 1.49 bits per heavy atom. The fraction of sp³-hybridized carbons (Fsp3) is 0.542. The Kier molecular flexibility index (Phi) is 20.1. The summed E-state index contributed by atoms with van der Waals surface area (Å²) in [5, 5.41) is 50.9. The number of carbonyl (C=O) groups excluding carboxylic acids is 7. The Balaban J connectivity index is 0.915. The van der Waals surface area contributed by atoms with E-state index in [-0.39, 0.29) is 86.5 Å². The van der Waals surface area contributed by atoms with Crippen molar-refractivity contribution in [3.8, 4) is 0 Å². The van der Waals surface area contributed by atoms with Crippen molar-refractivity contribution >= 4 is 59.0 Å². The molecule has 4 fully saturated rings. The topological polar surface area (TPSA) is 300 Å². The summed E-state index contributed by atoms with van der Waals surface area (Å²) in [6.07, 6.45) is 2.61. The zero-order valence-corrected chi connectivity index (χ0v) is 39.1. The molecule has 10 atom stereocenters. The van der Waals surface area contributed by atoms with E-state index in [0.717, 1.165) is 24.2 Å². The van der Waals surface area contributed by atoms with Crippen LogP contribution in [0.2, 0.25) is 0 Å². The smallest absolute Gasteiger partial charge is 0.315 e. The number of aliphatic hydroxyl groups is 2. The van der Waals surface area contributed by atoms with Crippen LogP contribution in [0.15, 0.2) is 66.7 Å². The number of benzene rings is 2. The average molecular weight is 978 g/mol. The molecule has 374 valence electrons. The minimum Gasteiger partial charge on any atom is -0.481 e. The summed E-state index contributed by atoms with van der Waals surface area (Å²) >= 11 is 1.80. The number of ether oxygens (including phenoxy) is 2. The molecular weight excluding hydrogens is 915 g/mol. The highest BCUT2D eigenvalue weighted by molar-refractivity contribution is 8.00. The number of hydrogen-bond donors (Lipinski definition) is 10. The molecule has 0 bridgehead atoms. The van der Waals surface area contributed by atoms with Crippen molar-refractivity contribution in [1.29, 1.82) is 0 Å². The minimum atomic E-state index is -1.49. The number of nitrogens with one attached hydrogen (secondary N) is 7. The lowest BCUT2D eigenvalue weighted by molar-refractivity contribution is -0.263. The average Bonchev–Trinajstić information content (AvgIpc) is 4.02. The third-order valence-electron chi connectivity index (χ3n) is 12.7. The SMILES string of the molecule is O=C(O)C[C@H]1CCC(=O)[C@@H]1C/C=C\CCO[C@@H]1O[C@H](CNC(=O)CNC(=O)CNC(=O)CNC(=O)CCCCC2SCC3NC(=O)NC32)[C@H](O)[C@H](O)[C@H]1NCc1ccc(C(=O)c2ccccc2)cc1. The maximum absolute atomic E-state index is 12.9. The van der Waals surface area contributed by atoms with Crippen LogP contribution in [-0.2, 0) is 44.8 Å². The van der Waals surface area contributed by atoms with Crippen molar-refractivity contribution in [2.75, 3.05) is 38.5 Å². The molecule has 0 radical (unpaired) electrons. The van der Waals surface area contributed by atoms with E-state index in [2.05, 4.69) is 37.2 Å². The lowest BCUT2D eigenvalue weighted by atomic mass is 9.89. The second-order valence-electron chi connectivity index (χ2n) is 17.7. The van der Waals surface area contributed by atoms with Crippen LogP contribution >= 0.6 is 11.8 Å². The summed E-state index contributed by atoms with van der Waals surface area (Å²) in [4.78, 5) is 97.9. The van der Waals surface area contributed by atoms with Gasteiger partial charge in [-0.3, -0.25) is 33.6 Å². The maximum atomic E-state index is 12.9. The third kappa shape index (κ3) is 15.9. The van der Waals surface area contributed by atoms with Gasteiger partial charge in [-0.25, -0.2) is 4.79 Å². The molecule has 2 aromatic rings. The van der Waals surface area contributed by atoms with Gasteiger partial charge in [-0.2, -0.15) is 11.8 Å². The third-order valence-corrected chi connectivity index (χ3v) is 14.2. The van der Waals surface area contributed by atoms with E-state index in [1.807, 2.05) is 18.2 Å². The summed E-state index contributed by atoms with van der Waals surface area (Å²) in [5.41, 5.74) is 1.82. The van der Waals surface area contributed by atoms with E-state index >= 15 is 0 Å². The van der Waals surface area contributed by atoms with Crippen LogP contribution in [0, 0.1) is 11.8 Å². The van der Waals surface area contributed by atoms with Crippen molar-refractivity contribution in [2.45, 2.75) is 112 Å². The van der Waals surface area contributed by atoms with Crippen LogP contribution in [0.3, 0.4) is 0 Å². The molecule has 6 rings (SSSR count). The van der Waals surface area contributed by atoms with Gasteiger partial charge in [-0.05, 0) is 43.6 Å². The molecule has 0 aromatic heterocycles. The van der Waals surface area contributed by atoms with Crippen molar-refractivity contribution in [3.63, 3.8) is 0 Å². The van der Waals surface area contributed by atoms with Crippen LogP contribution in [0.4, 0.5) is 4.79 Å². The van der Waals surface area contributed by atoms with E-state index in [1.165, 1.54) is 0 Å².